The first kappa shape index (κ1) is 15.2. The van der Waals surface area contributed by atoms with Gasteiger partial charge >= 0.3 is 0 Å². The molecule has 0 bridgehead atoms. The van der Waals surface area contributed by atoms with Crippen LogP contribution in [0.1, 0.15) is 27.6 Å². The van der Waals surface area contributed by atoms with Crippen molar-refractivity contribution in [2.24, 2.45) is 0 Å². The number of nitrogens with zero attached hydrogens (tertiary/aromatic N) is 1. The maximum absolute atomic E-state index is 12.5. The van der Waals surface area contributed by atoms with Gasteiger partial charge in [-0.1, -0.05) is 12.1 Å². The van der Waals surface area contributed by atoms with E-state index < -0.39 is 23.8 Å². The third-order valence-corrected chi connectivity index (χ3v) is 4.23. The van der Waals surface area contributed by atoms with Gasteiger partial charge in [-0.3, -0.25) is 19.3 Å². The van der Waals surface area contributed by atoms with E-state index in [1.54, 1.807) is 42.5 Å². The SMILES string of the molecule is C[C@H](C(=O)Nc1ccc2c(c1)OCO2)N1C(=O)c2ccccc2C1=O. The van der Waals surface area contributed by atoms with Crippen LogP contribution in [0, 0.1) is 0 Å². The van der Waals surface area contributed by atoms with Crippen LogP contribution in [-0.2, 0) is 4.79 Å². The van der Waals surface area contributed by atoms with Gasteiger partial charge in [-0.05, 0) is 31.2 Å². The highest BCUT2D eigenvalue weighted by Crippen LogP contribution is 2.34. The number of hydrogen-bond donors (Lipinski definition) is 1. The maximum atomic E-state index is 12.5. The molecular weight excluding hydrogens is 324 g/mol. The number of fused-ring (bicyclic) bond motifs is 2. The van der Waals surface area contributed by atoms with Crippen LogP contribution in [-0.4, -0.2) is 35.5 Å². The lowest BCUT2D eigenvalue weighted by Crippen LogP contribution is -2.45. The lowest BCUT2D eigenvalue weighted by atomic mass is 10.1. The van der Waals surface area contributed by atoms with E-state index in [1.807, 2.05) is 0 Å². The van der Waals surface area contributed by atoms with Gasteiger partial charge in [0.25, 0.3) is 11.8 Å². The lowest BCUT2D eigenvalue weighted by molar-refractivity contribution is -0.119. The van der Waals surface area contributed by atoms with E-state index in [0.29, 0.717) is 28.3 Å². The number of carbonyl (C=O) groups is 3. The maximum Gasteiger partial charge on any atom is 0.262 e. The van der Waals surface area contributed by atoms with Crippen LogP contribution >= 0.6 is 0 Å². The van der Waals surface area contributed by atoms with Crippen molar-refractivity contribution in [3.63, 3.8) is 0 Å². The fraction of sp³-hybridized carbons (Fsp3) is 0.167. The number of amides is 3. The van der Waals surface area contributed by atoms with Crippen LogP contribution in [0.4, 0.5) is 5.69 Å². The fourth-order valence-electron chi connectivity index (χ4n) is 2.90. The van der Waals surface area contributed by atoms with Crippen molar-refractivity contribution in [1.82, 2.24) is 4.90 Å². The number of carbonyl (C=O) groups excluding carboxylic acids is 3. The van der Waals surface area contributed by atoms with E-state index in [9.17, 15) is 14.4 Å². The van der Waals surface area contributed by atoms with Gasteiger partial charge in [0.1, 0.15) is 6.04 Å². The van der Waals surface area contributed by atoms with E-state index in [2.05, 4.69) is 5.32 Å². The molecule has 0 fully saturated rings. The molecule has 0 radical (unpaired) electrons. The average Bonchev–Trinajstić information content (AvgIpc) is 3.18. The first-order valence-electron chi connectivity index (χ1n) is 7.73. The number of nitrogens with one attached hydrogen (secondary N) is 1. The summed E-state index contributed by atoms with van der Waals surface area (Å²) in [6.45, 7) is 1.65. The van der Waals surface area contributed by atoms with Crippen LogP contribution < -0.4 is 14.8 Å². The molecule has 2 aliphatic rings. The second kappa shape index (κ2) is 5.62. The monoisotopic (exact) mass is 338 g/mol. The minimum atomic E-state index is -0.946. The molecule has 3 amide bonds. The van der Waals surface area contributed by atoms with Crippen molar-refractivity contribution in [2.75, 3.05) is 12.1 Å². The molecule has 0 aliphatic carbocycles. The van der Waals surface area contributed by atoms with Crippen LogP contribution in [0.15, 0.2) is 42.5 Å². The Labute approximate surface area is 143 Å². The molecule has 2 aliphatic heterocycles. The molecule has 2 aromatic rings. The Hall–Kier alpha value is -3.35. The van der Waals surface area contributed by atoms with Crippen molar-refractivity contribution in [2.45, 2.75) is 13.0 Å². The topological polar surface area (TPSA) is 84.9 Å². The van der Waals surface area contributed by atoms with Gasteiger partial charge in [0, 0.05) is 11.8 Å². The predicted molar refractivity (Wildman–Crippen MR) is 87.6 cm³/mol. The minimum absolute atomic E-state index is 0.137. The quantitative estimate of drug-likeness (QED) is 0.866. The molecule has 4 rings (SSSR count). The zero-order valence-electron chi connectivity index (χ0n) is 13.3. The number of hydrogen-bond acceptors (Lipinski definition) is 5. The molecule has 7 heteroatoms. The lowest BCUT2D eigenvalue weighted by Gasteiger charge is -2.21. The van der Waals surface area contributed by atoms with E-state index in [0.717, 1.165) is 4.90 Å². The molecule has 2 aromatic carbocycles. The van der Waals surface area contributed by atoms with Crippen molar-refractivity contribution in [3.8, 4) is 11.5 Å². The minimum Gasteiger partial charge on any atom is -0.454 e. The van der Waals surface area contributed by atoms with Gasteiger partial charge in [0.05, 0.1) is 11.1 Å². The molecule has 0 aromatic heterocycles. The van der Waals surface area contributed by atoms with Crippen molar-refractivity contribution in [1.29, 1.82) is 0 Å². The highest BCUT2D eigenvalue weighted by molar-refractivity contribution is 6.23. The molecule has 126 valence electrons. The molecule has 25 heavy (non-hydrogen) atoms. The van der Waals surface area contributed by atoms with E-state index in [-0.39, 0.29) is 6.79 Å². The Morgan fingerprint density at radius 3 is 2.36 bits per heavy atom. The molecule has 2 heterocycles. The predicted octanol–water partition coefficient (Wildman–Crippen LogP) is 2.04. The molecular formula is C18H14N2O5. The largest absolute Gasteiger partial charge is 0.454 e. The second-order valence-electron chi connectivity index (χ2n) is 5.76. The first-order chi connectivity index (χ1) is 12.1. The van der Waals surface area contributed by atoms with Crippen LogP contribution in [0.25, 0.3) is 0 Å². The van der Waals surface area contributed by atoms with Gasteiger partial charge in [-0.25, -0.2) is 0 Å². The van der Waals surface area contributed by atoms with Crippen LogP contribution in [0.5, 0.6) is 11.5 Å². The molecule has 1 N–H and O–H groups in total. The second-order valence-corrected chi connectivity index (χ2v) is 5.76. The summed E-state index contributed by atoms with van der Waals surface area (Å²) in [6, 6.07) is 10.6. The summed E-state index contributed by atoms with van der Waals surface area (Å²) < 4.78 is 10.5. The molecule has 7 nitrogen and oxygen atoms in total. The van der Waals surface area contributed by atoms with Gasteiger partial charge in [0.15, 0.2) is 11.5 Å². The van der Waals surface area contributed by atoms with Crippen LogP contribution in [0.2, 0.25) is 0 Å². The van der Waals surface area contributed by atoms with Gasteiger partial charge in [0.2, 0.25) is 12.7 Å². The van der Waals surface area contributed by atoms with Crippen molar-refractivity contribution >= 4 is 23.4 Å². The number of imide groups is 1. The van der Waals surface area contributed by atoms with E-state index >= 15 is 0 Å². The highest BCUT2D eigenvalue weighted by Gasteiger charge is 2.40. The first-order valence-corrected chi connectivity index (χ1v) is 7.73. The van der Waals surface area contributed by atoms with Crippen LogP contribution in [0.3, 0.4) is 0 Å². The third kappa shape index (κ3) is 2.40. The summed E-state index contributed by atoms with van der Waals surface area (Å²) >= 11 is 0. The van der Waals surface area contributed by atoms with Crippen molar-refractivity contribution in [3.05, 3.63) is 53.6 Å². The summed E-state index contributed by atoms with van der Waals surface area (Å²) in [4.78, 5) is 38.4. The zero-order chi connectivity index (χ0) is 17.6. The summed E-state index contributed by atoms with van der Waals surface area (Å²) in [6.07, 6.45) is 0. The van der Waals surface area contributed by atoms with Crippen molar-refractivity contribution < 1.29 is 23.9 Å². The summed E-state index contributed by atoms with van der Waals surface area (Å²) in [7, 11) is 0. The Kier molecular flexibility index (Phi) is 3.42. The van der Waals surface area contributed by atoms with E-state index in [4.69, 9.17) is 9.47 Å². The fourth-order valence-corrected chi connectivity index (χ4v) is 2.90. The number of ether oxygens (including phenoxy) is 2. The molecule has 1 atom stereocenters. The number of rotatable bonds is 3. The molecule has 0 unspecified atom stereocenters. The third-order valence-electron chi connectivity index (χ3n) is 4.23. The van der Waals surface area contributed by atoms with Gasteiger partial charge < -0.3 is 14.8 Å². The Morgan fingerprint density at radius 2 is 1.68 bits per heavy atom. The van der Waals surface area contributed by atoms with E-state index in [1.165, 1.54) is 6.92 Å². The Morgan fingerprint density at radius 1 is 1.04 bits per heavy atom. The Balaban J connectivity index is 1.53. The number of benzene rings is 2. The highest BCUT2D eigenvalue weighted by atomic mass is 16.7. The Bertz CT molecular complexity index is 873. The molecule has 0 spiro atoms. The summed E-state index contributed by atoms with van der Waals surface area (Å²) in [5, 5.41) is 2.70. The average molecular weight is 338 g/mol. The number of anilines is 1. The summed E-state index contributed by atoms with van der Waals surface area (Å²) in [5.41, 5.74) is 1.13. The smallest absolute Gasteiger partial charge is 0.262 e. The standard InChI is InChI=1S/C18H14N2O5/c1-10(20-17(22)12-4-2-3-5-13(12)18(20)23)16(21)19-11-6-7-14-15(8-11)25-9-24-14/h2-8,10H,9H2,1H3,(H,19,21)/t10-/m1/s1. The van der Waals surface area contributed by atoms with Gasteiger partial charge in [-0.15, -0.1) is 0 Å². The molecule has 0 saturated carbocycles. The molecule has 0 saturated heterocycles. The normalized spacial score (nSPS) is 16.0. The van der Waals surface area contributed by atoms with Gasteiger partial charge in [-0.2, -0.15) is 0 Å². The summed E-state index contributed by atoms with van der Waals surface area (Å²) in [5.74, 6) is -0.256. The zero-order valence-corrected chi connectivity index (χ0v) is 13.3.